The van der Waals surface area contributed by atoms with Crippen LogP contribution in [0.5, 0.6) is 5.75 Å². The van der Waals surface area contributed by atoms with Crippen LogP contribution in [0, 0.1) is 20.8 Å². The first-order chi connectivity index (χ1) is 17.4. The first-order valence-electron chi connectivity index (χ1n) is 15.3. The molecule has 1 aromatic rings. The molecular weight excluding hydrogens is 444 g/mol. The normalized spacial score (nSPS) is 17.0. The standard InChI is InChI=1S/C33H56O3/c1-6-7-8-9-10-11-12-13-14-15-16-17-18-19-20-21-31(34)35-25-24-33(5)23-22-30-28(3)26-27(2)29(4)32(30)36-33/h26H,6-25H2,1-5H3. The predicted molar refractivity (Wildman–Crippen MR) is 153 cm³/mol. The maximum Gasteiger partial charge on any atom is 0.305 e. The molecule has 1 aliphatic heterocycles. The Morgan fingerprint density at radius 3 is 1.92 bits per heavy atom. The molecule has 0 aromatic heterocycles. The molecule has 0 radical (unpaired) electrons. The number of rotatable bonds is 19. The molecule has 0 saturated carbocycles. The number of benzene rings is 1. The van der Waals surface area contributed by atoms with Crippen molar-refractivity contribution in [3.63, 3.8) is 0 Å². The summed E-state index contributed by atoms with van der Waals surface area (Å²) in [6.45, 7) is 11.4. The lowest BCUT2D eigenvalue weighted by molar-refractivity contribution is -0.145. The van der Waals surface area contributed by atoms with E-state index in [4.69, 9.17) is 9.47 Å². The number of esters is 1. The van der Waals surface area contributed by atoms with Crippen molar-refractivity contribution in [3.05, 3.63) is 28.3 Å². The number of ether oxygens (including phenoxy) is 2. The third-order valence-corrected chi connectivity index (χ3v) is 8.25. The Morgan fingerprint density at radius 1 is 0.833 bits per heavy atom. The summed E-state index contributed by atoms with van der Waals surface area (Å²) in [6, 6.07) is 2.26. The van der Waals surface area contributed by atoms with Gasteiger partial charge in [0.1, 0.15) is 11.4 Å². The van der Waals surface area contributed by atoms with Crippen LogP contribution in [-0.4, -0.2) is 18.2 Å². The molecule has 3 nitrogen and oxygen atoms in total. The van der Waals surface area contributed by atoms with Gasteiger partial charge in [-0.2, -0.15) is 0 Å². The van der Waals surface area contributed by atoms with Crippen LogP contribution >= 0.6 is 0 Å². The van der Waals surface area contributed by atoms with Crippen LogP contribution in [0.3, 0.4) is 0 Å². The Morgan fingerprint density at radius 2 is 1.36 bits per heavy atom. The van der Waals surface area contributed by atoms with Gasteiger partial charge in [-0.25, -0.2) is 0 Å². The number of fused-ring (bicyclic) bond motifs is 1. The van der Waals surface area contributed by atoms with E-state index in [0.717, 1.165) is 37.9 Å². The number of unbranched alkanes of at least 4 members (excludes halogenated alkanes) is 14. The molecule has 0 N–H and O–H groups in total. The summed E-state index contributed by atoms with van der Waals surface area (Å²) in [4.78, 5) is 12.2. The fourth-order valence-electron chi connectivity index (χ4n) is 5.51. The van der Waals surface area contributed by atoms with E-state index in [0.29, 0.717) is 13.0 Å². The molecule has 1 atom stereocenters. The van der Waals surface area contributed by atoms with Gasteiger partial charge in [0.25, 0.3) is 0 Å². The first-order valence-corrected chi connectivity index (χ1v) is 15.3. The number of aryl methyl sites for hydroxylation is 2. The highest BCUT2D eigenvalue weighted by Gasteiger charge is 2.33. The average molecular weight is 501 g/mol. The Balaban J connectivity index is 1.45. The highest BCUT2D eigenvalue weighted by molar-refractivity contribution is 5.69. The van der Waals surface area contributed by atoms with Crippen molar-refractivity contribution >= 4 is 5.97 Å². The quantitative estimate of drug-likeness (QED) is 0.140. The summed E-state index contributed by atoms with van der Waals surface area (Å²) in [7, 11) is 0. The minimum absolute atomic E-state index is 0.0487. The minimum atomic E-state index is -0.257. The van der Waals surface area contributed by atoms with E-state index in [2.05, 4.69) is 40.7 Å². The molecule has 1 heterocycles. The highest BCUT2D eigenvalue weighted by Crippen LogP contribution is 2.40. The summed E-state index contributed by atoms with van der Waals surface area (Å²) in [5.41, 5.74) is 4.94. The van der Waals surface area contributed by atoms with Crippen LogP contribution in [0.2, 0.25) is 0 Å². The van der Waals surface area contributed by atoms with E-state index in [1.165, 1.54) is 106 Å². The number of carbonyl (C=O) groups excluding carboxylic acids is 1. The topological polar surface area (TPSA) is 35.5 Å². The van der Waals surface area contributed by atoms with Crippen molar-refractivity contribution in [2.24, 2.45) is 0 Å². The summed E-state index contributed by atoms with van der Waals surface area (Å²) < 4.78 is 12.1. The second-order valence-electron chi connectivity index (χ2n) is 11.7. The number of hydrogen-bond acceptors (Lipinski definition) is 3. The van der Waals surface area contributed by atoms with E-state index in [9.17, 15) is 4.79 Å². The summed E-state index contributed by atoms with van der Waals surface area (Å²) in [5.74, 6) is 1.01. The molecule has 1 unspecified atom stereocenters. The molecule has 0 spiro atoms. The SMILES string of the molecule is CCCCCCCCCCCCCCCCCC(=O)OCCC1(C)CCc2c(C)cc(C)c(C)c2O1. The molecular formula is C33H56O3. The number of carbonyl (C=O) groups is 1. The summed E-state index contributed by atoms with van der Waals surface area (Å²) in [6.07, 6.45) is 23.4. The van der Waals surface area contributed by atoms with Gasteiger partial charge in [-0.1, -0.05) is 103 Å². The van der Waals surface area contributed by atoms with Crippen molar-refractivity contribution in [2.75, 3.05) is 6.61 Å². The van der Waals surface area contributed by atoms with Gasteiger partial charge in [-0.15, -0.1) is 0 Å². The Labute approximate surface area is 223 Å². The highest BCUT2D eigenvalue weighted by atomic mass is 16.5. The third kappa shape index (κ3) is 11.3. The van der Waals surface area contributed by atoms with E-state index < -0.39 is 0 Å². The molecule has 206 valence electrons. The summed E-state index contributed by atoms with van der Waals surface area (Å²) in [5, 5.41) is 0. The van der Waals surface area contributed by atoms with Gasteiger partial charge >= 0.3 is 5.97 Å². The molecule has 0 fully saturated rings. The maximum atomic E-state index is 12.2. The largest absolute Gasteiger partial charge is 0.487 e. The van der Waals surface area contributed by atoms with Crippen molar-refractivity contribution in [3.8, 4) is 5.75 Å². The number of hydrogen-bond donors (Lipinski definition) is 0. The van der Waals surface area contributed by atoms with E-state index in [1.54, 1.807) is 0 Å². The van der Waals surface area contributed by atoms with Gasteiger partial charge in [0.15, 0.2) is 0 Å². The molecule has 36 heavy (non-hydrogen) atoms. The van der Waals surface area contributed by atoms with Crippen molar-refractivity contribution in [1.82, 2.24) is 0 Å². The van der Waals surface area contributed by atoms with E-state index >= 15 is 0 Å². The van der Waals surface area contributed by atoms with Crippen molar-refractivity contribution in [1.29, 1.82) is 0 Å². The van der Waals surface area contributed by atoms with E-state index in [1.807, 2.05) is 0 Å². The van der Waals surface area contributed by atoms with Gasteiger partial charge in [-0.3, -0.25) is 4.79 Å². The molecule has 0 bridgehead atoms. The maximum absolute atomic E-state index is 12.2. The molecule has 0 aliphatic carbocycles. The minimum Gasteiger partial charge on any atom is -0.487 e. The summed E-state index contributed by atoms with van der Waals surface area (Å²) >= 11 is 0. The average Bonchev–Trinajstić information content (AvgIpc) is 2.85. The zero-order valence-electron chi connectivity index (χ0n) is 24.4. The molecule has 2 rings (SSSR count). The van der Waals surface area contributed by atoms with Crippen LogP contribution in [-0.2, 0) is 16.0 Å². The van der Waals surface area contributed by atoms with Crippen LogP contribution in [0.25, 0.3) is 0 Å². The second-order valence-corrected chi connectivity index (χ2v) is 11.7. The van der Waals surface area contributed by atoms with Crippen LogP contribution < -0.4 is 4.74 Å². The fraction of sp³-hybridized carbons (Fsp3) is 0.788. The molecule has 1 aliphatic rings. The lowest BCUT2D eigenvalue weighted by Gasteiger charge is -2.37. The Bertz CT molecular complexity index is 769. The molecule has 0 saturated heterocycles. The van der Waals surface area contributed by atoms with Gasteiger partial charge in [-0.05, 0) is 69.2 Å². The zero-order valence-corrected chi connectivity index (χ0v) is 24.4. The first kappa shape index (κ1) is 30.7. The van der Waals surface area contributed by atoms with Gasteiger partial charge in [0, 0.05) is 12.8 Å². The zero-order chi connectivity index (χ0) is 26.2. The van der Waals surface area contributed by atoms with Crippen molar-refractivity contribution in [2.45, 2.75) is 162 Å². The third-order valence-electron chi connectivity index (χ3n) is 8.25. The molecule has 0 amide bonds. The Hall–Kier alpha value is -1.51. The van der Waals surface area contributed by atoms with E-state index in [-0.39, 0.29) is 11.6 Å². The van der Waals surface area contributed by atoms with Crippen LogP contribution in [0.15, 0.2) is 6.07 Å². The smallest absolute Gasteiger partial charge is 0.305 e. The van der Waals surface area contributed by atoms with Crippen LogP contribution in [0.1, 0.15) is 152 Å². The molecule has 3 heteroatoms. The monoisotopic (exact) mass is 500 g/mol. The van der Waals surface area contributed by atoms with Gasteiger partial charge < -0.3 is 9.47 Å². The second kappa shape index (κ2) is 17.1. The van der Waals surface area contributed by atoms with Gasteiger partial charge in [0.2, 0.25) is 0 Å². The van der Waals surface area contributed by atoms with Crippen LogP contribution in [0.4, 0.5) is 0 Å². The van der Waals surface area contributed by atoms with Crippen molar-refractivity contribution < 1.29 is 14.3 Å². The Kier molecular flexibility index (Phi) is 14.6. The fourth-order valence-corrected chi connectivity index (χ4v) is 5.51. The lowest BCUT2D eigenvalue weighted by Crippen LogP contribution is -2.38. The predicted octanol–water partition coefficient (Wildman–Crippen LogP) is 9.89. The van der Waals surface area contributed by atoms with Gasteiger partial charge in [0.05, 0.1) is 6.61 Å². The molecule has 1 aromatic carbocycles. The lowest BCUT2D eigenvalue weighted by atomic mass is 9.86.